The Labute approximate surface area is 238 Å². The first-order chi connectivity index (χ1) is 19.7. The molecule has 15 heteroatoms. The highest BCUT2D eigenvalue weighted by atomic mass is 32.2. The summed E-state index contributed by atoms with van der Waals surface area (Å²) in [6, 6.07) is 7.15. The van der Waals surface area contributed by atoms with Crippen LogP contribution in [0.25, 0.3) is 0 Å². The molecular weight excluding hydrogens is 556 g/mol. The van der Waals surface area contributed by atoms with Crippen molar-refractivity contribution in [3.05, 3.63) is 70.0 Å². The van der Waals surface area contributed by atoms with Crippen LogP contribution in [-0.4, -0.2) is 65.5 Å². The second-order valence-electron chi connectivity index (χ2n) is 8.92. The van der Waals surface area contributed by atoms with E-state index < -0.39 is 47.7 Å². The molecule has 41 heavy (non-hydrogen) atoms. The standard InChI is InChI=1S/C26H30N6O8S/c1-2-20(25(38)29-18(12-23(36)37)21(33)15-41-14-16-6-4-3-5-7-16)32-11-10-27-24(26(32)39)28-13-19-17(30-40-31-19)8-9-22(34)35/h3-7,10-11,18,20H,2,8-9,12-15H2,1H3,(H,27,28)(H,29,38)(H,34,35)(H,36,37)/t18-,20?/m0/s1. The van der Waals surface area contributed by atoms with Crippen LogP contribution in [0.2, 0.25) is 0 Å². The van der Waals surface area contributed by atoms with Crippen molar-refractivity contribution in [2.75, 3.05) is 11.1 Å². The second kappa shape index (κ2) is 15.3. The predicted octanol–water partition coefficient (Wildman–Crippen LogP) is 1.67. The Hall–Kier alpha value is -4.53. The van der Waals surface area contributed by atoms with Gasteiger partial charge in [-0.15, -0.1) is 11.8 Å². The number of carboxylic acid groups (broad SMARTS) is 2. The van der Waals surface area contributed by atoms with Crippen LogP contribution in [0.4, 0.5) is 5.82 Å². The number of amides is 1. The number of anilines is 1. The third kappa shape index (κ3) is 9.27. The van der Waals surface area contributed by atoms with Gasteiger partial charge in [-0.1, -0.05) is 47.6 Å². The van der Waals surface area contributed by atoms with Gasteiger partial charge in [-0.3, -0.25) is 28.5 Å². The molecule has 0 spiro atoms. The molecule has 3 aromatic rings. The van der Waals surface area contributed by atoms with Gasteiger partial charge in [0.05, 0.1) is 31.2 Å². The summed E-state index contributed by atoms with van der Waals surface area (Å²) in [5, 5.41) is 30.9. The number of aliphatic carboxylic acids is 2. The van der Waals surface area contributed by atoms with E-state index in [0.29, 0.717) is 17.1 Å². The van der Waals surface area contributed by atoms with Gasteiger partial charge in [0.25, 0.3) is 5.56 Å². The first-order valence-corrected chi connectivity index (χ1v) is 13.8. The molecule has 1 aromatic carbocycles. The van der Waals surface area contributed by atoms with Crippen LogP contribution in [-0.2, 0) is 37.9 Å². The monoisotopic (exact) mass is 586 g/mol. The van der Waals surface area contributed by atoms with Gasteiger partial charge < -0.3 is 20.8 Å². The molecule has 1 amide bonds. The Morgan fingerprint density at radius 2 is 1.80 bits per heavy atom. The van der Waals surface area contributed by atoms with E-state index in [1.54, 1.807) is 6.92 Å². The van der Waals surface area contributed by atoms with Crippen molar-refractivity contribution in [2.45, 2.75) is 57.0 Å². The van der Waals surface area contributed by atoms with Crippen molar-refractivity contribution in [3.63, 3.8) is 0 Å². The average Bonchev–Trinajstić information content (AvgIpc) is 3.40. The minimum absolute atomic E-state index is 0.00144. The number of benzene rings is 1. The van der Waals surface area contributed by atoms with Gasteiger partial charge in [0.1, 0.15) is 17.4 Å². The highest BCUT2D eigenvalue weighted by Crippen LogP contribution is 2.15. The molecule has 14 nitrogen and oxygen atoms in total. The van der Waals surface area contributed by atoms with Crippen LogP contribution in [0.15, 0.2) is 52.1 Å². The van der Waals surface area contributed by atoms with Crippen molar-refractivity contribution in [1.29, 1.82) is 0 Å². The van der Waals surface area contributed by atoms with Crippen molar-refractivity contribution >= 4 is 41.2 Å². The summed E-state index contributed by atoms with van der Waals surface area (Å²) < 4.78 is 5.82. The lowest BCUT2D eigenvalue weighted by Crippen LogP contribution is -2.47. The Morgan fingerprint density at radius 3 is 2.49 bits per heavy atom. The number of carboxylic acids is 2. The third-order valence-corrected chi connectivity index (χ3v) is 6.99. The van der Waals surface area contributed by atoms with E-state index in [9.17, 15) is 29.1 Å². The molecule has 0 aliphatic heterocycles. The molecule has 4 N–H and O–H groups in total. The molecule has 0 aliphatic rings. The SMILES string of the molecule is CCC(C(=O)N[C@@H](CC(=O)O)C(=O)CSCc1ccccc1)n1ccnc(NCc2nonc2CCC(=O)O)c1=O. The van der Waals surface area contributed by atoms with Gasteiger partial charge in [0, 0.05) is 24.6 Å². The smallest absolute Gasteiger partial charge is 0.305 e. The molecular formula is C26H30N6O8S. The van der Waals surface area contributed by atoms with Gasteiger partial charge in [-0.25, -0.2) is 9.61 Å². The van der Waals surface area contributed by atoms with Gasteiger partial charge in [-0.2, -0.15) is 0 Å². The van der Waals surface area contributed by atoms with E-state index in [1.807, 2.05) is 30.3 Å². The molecule has 2 heterocycles. The Balaban J connectivity index is 1.68. The quantitative estimate of drug-likeness (QED) is 0.178. The van der Waals surface area contributed by atoms with Crippen LogP contribution < -0.4 is 16.2 Å². The lowest BCUT2D eigenvalue weighted by atomic mass is 10.1. The lowest BCUT2D eigenvalue weighted by Gasteiger charge is -2.22. The zero-order chi connectivity index (χ0) is 29.8. The number of Topliss-reactive ketones (excluding diaryl/α,β-unsaturated/α-hetero) is 1. The van der Waals surface area contributed by atoms with Crippen LogP contribution in [0.1, 0.15) is 49.2 Å². The van der Waals surface area contributed by atoms with Crippen LogP contribution in [0.3, 0.4) is 0 Å². The average molecular weight is 587 g/mol. The number of aromatic nitrogens is 4. The molecule has 0 saturated heterocycles. The number of nitrogens with one attached hydrogen (secondary N) is 2. The summed E-state index contributed by atoms with van der Waals surface area (Å²) in [6.45, 7) is 1.63. The molecule has 0 bridgehead atoms. The fourth-order valence-corrected chi connectivity index (χ4v) is 4.81. The molecule has 2 aromatic heterocycles. The lowest BCUT2D eigenvalue weighted by molar-refractivity contribution is -0.140. The molecule has 1 unspecified atom stereocenters. The fourth-order valence-electron chi connectivity index (χ4n) is 3.87. The second-order valence-corrected chi connectivity index (χ2v) is 9.91. The number of carbonyl (C=O) groups excluding carboxylic acids is 2. The normalized spacial score (nSPS) is 12.3. The van der Waals surface area contributed by atoms with E-state index >= 15 is 0 Å². The highest BCUT2D eigenvalue weighted by molar-refractivity contribution is 7.99. The predicted molar refractivity (Wildman–Crippen MR) is 147 cm³/mol. The number of thioether (sulfide) groups is 1. The third-order valence-electron chi connectivity index (χ3n) is 5.97. The Kier molecular flexibility index (Phi) is 11.6. The van der Waals surface area contributed by atoms with Crippen molar-refractivity contribution in [2.24, 2.45) is 0 Å². The highest BCUT2D eigenvalue weighted by Gasteiger charge is 2.28. The van der Waals surface area contributed by atoms with Crippen LogP contribution in [0, 0.1) is 0 Å². The van der Waals surface area contributed by atoms with Gasteiger partial charge in [0.15, 0.2) is 11.6 Å². The van der Waals surface area contributed by atoms with Crippen molar-refractivity contribution < 1.29 is 34.0 Å². The molecule has 0 saturated carbocycles. The summed E-state index contributed by atoms with van der Waals surface area (Å²) in [7, 11) is 0. The minimum Gasteiger partial charge on any atom is -0.481 e. The van der Waals surface area contributed by atoms with Crippen LogP contribution in [0.5, 0.6) is 0 Å². The zero-order valence-corrected chi connectivity index (χ0v) is 23.0. The maximum absolute atomic E-state index is 13.2. The van der Waals surface area contributed by atoms with Crippen LogP contribution >= 0.6 is 11.8 Å². The summed E-state index contributed by atoms with van der Waals surface area (Å²) in [6.07, 6.45) is 2.11. The summed E-state index contributed by atoms with van der Waals surface area (Å²) in [5.74, 6) is -2.95. The molecule has 0 aliphatic carbocycles. The molecule has 0 radical (unpaired) electrons. The Morgan fingerprint density at radius 1 is 1.07 bits per heavy atom. The van der Waals surface area contributed by atoms with Gasteiger partial charge >= 0.3 is 11.9 Å². The van der Waals surface area contributed by atoms with E-state index in [-0.39, 0.29) is 37.4 Å². The number of ketones is 1. The maximum Gasteiger partial charge on any atom is 0.305 e. The van der Waals surface area contributed by atoms with E-state index in [4.69, 9.17) is 5.11 Å². The maximum atomic E-state index is 13.2. The van der Waals surface area contributed by atoms with Gasteiger partial charge in [0.2, 0.25) is 5.91 Å². The number of aryl methyl sites for hydroxylation is 1. The number of nitrogens with zero attached hydrogens (tertiary/aromatic N) is 4. The Bertz CT molecular complexity index is 1410. The number of hydrogen-bond acceptors (Lipinski definition) is 11. The largest absolute Gasteiger partial charge is 0.481 e. The zero-order valence-electron chi connectivity index (χ0n) is 22.2. The molecule has 3 rings (SSSR count). The topological polar surface area (TPSA) is 207 Å². The van der Waals surface area contributed by atoms with Crippen molar-refractivity contribution in [1.82, 2.24) is 25.2 Å². The fraction of sp³-hybridized carbons (Fsp3) is 0.385. The van der Waals surface area contributed by atoms with Crippen molar-refractivity contribution in [3.8, 4) is 0 Å². The first kappa shape index (κ1) is 31.0. The number of hydrogen-bond donors (Lipinski definition) is 4. The van der Waals surface area contributed by atoms with Gasteiger partial charge in [-0.05, 0) is 12.0 Å². The van der Waals surface area contributed by atoms with E-state index in [0.717, 1.165) is 10.1 Å². The summed E-state index contributed by atoms with van der Waals surface area (Å²) in [5.41, 5.74) is 0.983. The summed E-state index contributed by atoms with van der Waals surface area (Å²) >= 11 is 1.31. The molecule has 0 fully saturated rings. The number of rotatable bonds is 17. The number of carbonyl (C=O) groups is 4. The molecule has 218 valence electrons. The summed E-state index contributed by atoms with van der Waals surface area (Å²) in [4.78, 5) is 65.5. The van der Waals surface area contributed by atoms with E-state index in [2.05, 4.69) is 30.6 Å². The molecule has 2 atom stereocenters. The van der Waals surface area contributed by atoms with E-state index in [1.165, 1.54) is 24.2 Å². The first-order valence-electron chi connectivity index (χ1n) is 12.7. The minimum atomic E-state index is -1.27.